The zero-order valence-corrected chi connectivity index (χ0v) is 10.1. The Bertz CT molecular complexity index is 506. The molecule has 0 radical (unpaired) electrons. The molecule has 0 fully saturated rings. The fraction of sp³-hybridized carbons (Fsp3) is 0.364. The van der Waals surface area contributed by atoms with Crippen molar-refractivity contribution in [3.8, 4) is 5.75 Å². The van der Waals surface area contributed by atoms with Crippen LogP contribution in [0.15, 0.2) is 24.3 Å². The molecule has 1 aromatic carbocycles. The molecule has 0 bridgehead atoms. The lowest BCUT2D eigenvalue weighted by molar-refractivity contribution is -0.140. The highest BCUT2D eigenvalue weighted by Crippen LogP contribution is 2.15. The summed E-state index contributed by atoms with van der Waals surface area (Å²) in [6.45, 7) is 1.35. The molecule has 0 aliphatic rings. The summed E-state index contributed by atoms with van der Waals surface area (Å²) in [7, 11) is -3.49. The standard InChI is InChI=1S/C11H14O5S/c1-8(11(13)14)6-17(15,16)7-9-3-2-4-10(12)5-9/h2-5,8,12H,6-7H2,1H3,(H,13,14). The van der Waals surface area contributed by atoms with E-state index in [-0.39, 0.29) is 11.5 Å². The van der Waals surface area contributed by atoms with Crippen molar-refractivity contribution in [3.05, 3.63) is 29.8 Å². The first-order chi connectivity index (χ1) is 7.80. The van der Waals surface area contributed by atoms with Crippen LogP contribution in [0.3, 0.4) is 0 Å². The van der Waals surface area contributed by atoms with E-state index in [1.807, 2.05) is 0 Å². The lowest BCUT2D eigenvalue weighted by Crippen LogP contribution is -2.22. The number of hydrogen-bond donors (Lipinski definition) is 2. The number of carboxylic acid groups (broad SMARTS) is 1. The Labute approximate surface area is 99.6 Å². The Morgan fingerprint density at radius 2 is 2.06 bits per heavy atom. The summed E-state index contributed by atoms with van der Waals surface area (Å²) in [6.07, 6.45) is 0. The number of carbonyl (C=O) groups is 1. The largest absolute Gasteiger partial charge is 0.508 e. The van der Waals surface area contributed by atoms with Gasteiger partial charge in [-0.2, -0.15) is 0 Å². The summed E-state index contributed by atoms with van der Waals surface area (Å²) in [6, 6.07) is 5.91. The van der Waals surface area contributed by atoms with Crippen LogP contribution in [-0.2, 0) is 20.4 Å². The number of sulfone groups is 1. The topological polar surface area (TPSA) is 91.7 Å². The van der Waals surface area contributed by atoms with Gasteiger partial charge in [0.1, 0.15) is 5.75 Å². The van der Waals surface area contributed by atoms with E-state index in [1.165, 1.54) is 19.1 Å². The van der Waals surface area contributed by atoms with E-state index in [0.29, 0.717) is 5.56 Å². The molecule has 1 unspecified atom stereocenters. The monoisotopic (exact) mass is 258 g/mol. The first kappa shape index (κ1) is 13.5. The summed E-state index contributed by atoms with van der Waals surface area (Å²) >= 11 is 0. The molecule has 0 saturated carbocycles. The summed E-state index contributed by atoms with van der Waals surface area (Å²) < 4.78 is 23.4. The van der Waals surface area contributed by atoms with Gasteiger partial charge in [-0.15, -0.1) is 0 Å². The van der Waals surface area contributed by atoms with Crippen molar-refractivity contribution in [1.29, 1.82) is 0 Å². The third-order valence-corrected chi connectivity index (χ3v) is 4.00. The minimum atomic E-state index is -3.49. The van der Waals surface area contributed by atoms with Crippen molar-refractivity contribution in [2.45, 2.75) is 12.7 Å². The summed E-state index contributed by atoms with van der Waals surface area (Å²) in [5.41, 5.74) is 0.447. The van der Waals surface area contributed by atoms with Crippen molar-refractivity contribution in [2.75, 3.05) is 5.75 Å². The van der Waals surface area contributed by atoms with Gasteiger partial charge in [-0.1, -0.05) is 19.1 Å². The normalized spacial score (nSPS) is 13.2. The van der Waals surface area contributed by atoms with E-state index in [0.717, 1.165) is 0 Å². The van der Waals surface area contributed by atoms with Gasteiger partial charge in [-0.3, -0.25) is 4.79 Å². The molecule has 0 amide bonds. The fourth-order valence-corrected chi connectivity index (χ4v) is 3.12. The molecule has 1 aromatic rings. The number of aromatic hydroxyl groups is 1. The van der Waals surface area contributed by atoms with Crippen LogP contribution in [0.1, 0.15) is 12.5 Å². The highest BCUT2D eigenvalue weighted by atomic mass is 32.2. The number of benzene rings is 1. The molecular formula is C11H14O5S. The van der Waals surface area contributed by atoms with E-state index in [2.05, 4.69) is 0 Å². The fourth-order valence-electron chi connectivity index (χ4n) is 1.41. The van der Waals surface area contributed by atoms with E-state index in [9.17, 15) is 18.3 Å². The van der Waals surface area contributed by atoms with Crippen molar-refractivity contribution < 1.29 is 23.4 Å². The maximum absolute atomic E-state index is 11.7. The van der Waals surface area contributed by atoms with Crippen molar-refractivity contribution >= 4 is 15.8 Å². The average Bonchev–Trinajstić information content (AvgIpc) is 2.15. The van der Waals surface area contributed by atoms with Gasteiger partial charge >= 0.3 is 5.97 Å². The van der Waals surface area contributed by atoms with Crippen LogP contribution in [0.25, 0.3) is 0 Å². The molecule has 17 heavy (non-hydrogen) atoms. The van der Waals surface area contributed by atoms with Gasteiger partial charge in [0.2, 0.25) is 0 Å². The van der Waals surface area contributed by atoms with Crippen LogP contribution in [0, 0.1) is 5.92 Å². The van der Waals surface area contributed by atoms with Crippen LogP contribution in [-0.4, -0.2) is 30.4 Å². The molecule has 0 aliphatic carbocycles. The molecule has 1 rings (SSSR count). The number of phenolic OH excluding ortho intramolecular Hbond substituents is 1. The quantitative estimate of drug-likeness (QED) is 0.823. The average molecular weight is 258 g/mol. The van der Waals surface area contributed by atoms with Gasteiger partial charge in [-0.25, -0.2) is 8.42 Å². The summed E-state index contributed by atoms with van der Waals surface area (Å²) in [5, 5.41) is 17.8. The highest BCUT2D eigenvalue weighted by Gasteiger charge is 2.21. The number of carboxylic acids is 1. The highest BCUT2D eigenvalue weighted by molar-refractivity contribution is 7.90. The lowest BCUT2D eigenvalue weighted by Gasteiger charge is -2.08. The predicted molar refractivity (Wildman–Crippen MR) is 62.4 cm³/mol. The van der Waals surface area contributed by atoms with Gasteiger partial charge in [0.15, 0.2) is 9.84 Å². The van der Waals surface area contributed by atoms with E-state index >= 15 is 0 Å². The van der Waals surface area contributed by atoms with Crippen LogP contribution in [0.2, 0.25) is 0 Å². The minimum Gasteiger partial charge on any atom is -0.508 e. The van der Waals surface area contributed by atoms with Crippen LogP contribution in [0.5, 0.6) is 5.75 Å². The number of rotatable bonds is 5. The van der Waals surface area contributed by atoms with Crippen LogP contribution < -0.4 is 0 Å². The van der Waals surface area contributed by atoms with Crippen molar-refractivity contribution in [3.63, 3.8) is 0 Å². The molecule has 2 N–H and O–H groups in total. The van der Waals surface area contributed by atoms with Gasteiger partial charge in [0.25, 0.3) is 0 Å². The first-order valence-electron chi connectivity index (χ1n) is 5.01. The van der Waals surface area contributed by atoms with Gasteiger partial charge in [0.05, 0.1) is 17.4 Å². The molecule has 0 heterocycles. The van der Waals surface area contributed by atoms with E-state index in [1.54, 1.807) is 12.1 Å². The zero-order chi connectivity index (χ0) is 13.1. The number of aliphatic carboxylic acids is 1. The Balaban J connectivity index is 2.77. The van der Waals surface area contributed by atoms with E-state index < -0.39 is 27.5 Å². The molecule has 0 spiro atoms. The smallest absolute Gasteiger partial charge is 0.307 e. The van der Waals surface area contributed by atoms with Crippen LogP contribution >= 0.6 is 0 Å². The van der Waals surface area contributed by atoms with E-state index in [4.69, 9.17) is 5.11 Å². The number of phenols is 1. The van der Waals surface area contributed by atoms with Crippen molar-refractivity contribution in [1.82, 2.24) is 0 Å². The molecule has 0 saturated heterocycles. The summed E-state index contributed by atoms with van der Waals surface area (Å²) in [4.78, 5) is 10.6. The Hall–Kier alpha value is -1.56. The third-order valence-electron chi connectivity index (χ3n) is 2.22. The Morgan fingerprint density at radius 1 is 1.41 bits per heavy atom. The van der Waals surface area contributed by atoms with Crippen LogP contribution in [0.4, 0.5) is 0 Å². The molecule has 6 heteroatoms. The lowest BCUT2D eigenvalue weighted by atomic mass is 10.2. The molecular weight excluding hydrogens is 244 g/mol. The second-order valence-corrected chi connectivity index (χ2v) is 6.07. The Morgan fingerprint density at radius 3 is 2.59 bits per heavy atom. The minimum absolute atomic E-state index is 0.0102. The maximum atomic E-state index is 11.7. The SMILES string of the molecule is CC(CS(=O)(=O)Cc1cccc(O)c1)C(=O)O. The second-order valence-electron chi connectivity index (χ2n) is 3.96. The molecule has 0 aromatic heterocycles. The number of hydrogen-bond acceptors (Lipinski definition) is 4. The molecule has 1 atom stereocenters. The maximum Gasteiger partial charge on any atom is 0.307 e. The van der Waals surface area contributed by atoms with Crippen molar-refractivity contribution in [2.24, 2.45) is 5.92 Å². The summed E-state index contributed by atoms with van der Waals surface area (Å²) in [5.74, 6) is -2.75. The molecule has 0 aliphatic heterocycles. The predicted octanol–water partition coefficient (Wildman–Crippen LogP) is 1.03. The third kappa shape index (κ3) is 4.44. The molecule has 5 nitrogen and oxygen atoms in total. The second kappa shape index (κ2) is 5.18. The Kier molecular flexibility index (Phi) is 4.11. The molecule has 94 valence electrons. The van der Waals surface area contributed by atoms with Gasteiger partial charge in [0, 0.05) is 0 Å². The first-order valence-corrected chi connectivity index (χ1v) is 6.83. The van der Waals surface area contributed by atoms with Gasteiger partial charge in [-0.05, 0) is 17.7 Å². The zero-order valence-electron chi connectivity index (χ0n) is 9.33. The van der Waals surface area contributed by atoms with Gasteiger partial charge < -0.3 is 10.2 Å².